The first-order valence-corrected chi connectivity index (χ1v) is 7.02. The zero-order chi connectivity index (χ0) is 13.5. The number of unbranched alkanes of at least 4 members (excludes halogenated alkanes) is 3. The van der Waals surface area contributed by atoms with E-state index in [1.54, 1.807) is 0 Å². The number of carbonyl (C=O) groups is 1. The Morgan fingerprint density at radius 3 is 2.84 bits per heavy atom. The van der Waals surface area contributed by atoms with E-state index >= 15 is 0 Å². The van der Waals surface area contributed by atoms with E-state index in [1.807, 2.05) is 30.3 Å². The molecule has 3 heteroatoms. The molecule has 0 aliphatic carbocycles. The molecule has 0 bridgehead atoms. The minimum absolute atomic E-state index is 0.150. The molecule has 0 fully saturated rings. The highest BCUT2D eigenvalue weighted by Gasteiger charge is 2.07. The zero-order valence-electron chi connectivity index (χ0n) is 11.4. The second-order valence-electron chi connectivity index (χ2n) is 4.84. The van der Waals surface area contributed by atoms with Crippen molar-refractivity contribution in [2.75, 3.05) is 6.61 Å². The molecule has 0 saturated heterocycles. The number of para-hydroxylation sites is 1. The minimum atomic E-state index is -0.150. The van der Waals surface area contributed by atoms with Crippen LogP contribution in [0.25, 0.3) is 10.9 Å². The van der Waals surface area contributed by atoms with Crippen LogP contribution >= 0.6 is 0 Å². The number of esters is 1. The summed E-state index contributed by atoms with van der Waals surface area (Å²) < 4.78 is 5.23. The number of ether oxygens (including phenoxy) is 1. The lowest BCUT2D eigenvalue weighted by Crippen LogP contribution is -2.09. The number of hydrogen-bond donors (Lipinski definition) is 1. The van der Waals surface area contributed by atoms with Gasteiger partial charge in [0, 0.05) is 11.2 Å². The summed E-state index contributed by atoms with van der Waals surface area (Å²) in [5.41, 5.74) is 1.98. The lowest BCUT2D eigenvalue weighted by atomic mass is 10.2. The third-order valence-electron chi connectivity index (χ3n) is 3.18. The van der Waals surface area contributed by atoms with E-state index < -0.39 is 0 Å². The molecular weight excluding hydrogens is 238 g/mol. The van der Waals surface area contributed by atoms with Gasteiger partial charge in [-0.1, -0.05) is 44.4 Å². The molecule has 0 saturated carbocycles. The molecule has 1 aromatic heterocycles. The van der Waals surface area contributed by atoms with Crippen LogP contribution < -0.4 is 0 Å². The molecule has 0 spiro atoms. The van der Waals surface area contributed by atoms with Crippen molar-refractivity contribution in [3.05, 3.63) is 36.0 Å². The fraction of sp³-hybridized carbons (Fsp3) is 0.438. The maximum atomic E-state index is 11.7. The number of aromatic nitrogens is 1. The molecule has 1 N–H and O–H groups in total. The Morgan fingerprint density at radius 2 is 2.05 bits per heavy atom. The summed E-state index contributed by atoms with van der Waals surface area (Å²) in [7, 11) is 0. The van der Waals surface area contributed by atoms with Crippen LogP contribution in [-0.2, 0) is 16.0 Å². The van der Waals surface area contributed by atoms with Gasteiger partial charge in [-0.05, 0) is 23.9 Å². The summed E-state index contributed by atoms with van der Waals surface area (Å²) in [5.74, 6) is -0.150. The lowest BCUT2D eigenvalue weighted by molar-refractivity contribution is -0.143. The number of hydrogen-bond acceptors (Lipinski definition) is 2. The SMILES string of the molecule is CCCCCCOC(=O)Cc1cc2ccccc2[nH]1. The average Bonchev–Trinajstić information content (AvgIpc) is 2.80. The predicted molar refractivity (Wildman–Crippen MR) is 77.1 cm³/mol. The second kappa shape index (κ2) is 6.98. The van der Waals surface area contributed by atoms with Crippen LogP contribution in [0.2, 0.25) is 0 Å². The van der Waals surface area contributed by atoms with Gasteiger partial charge in [0.05, 0.1) is 13.0 Å². The molecule has 1 heterocycles. The average molecular weight is 259 g/mol. The summed E-state index contributed by atoms with van der Waals surface area (Å²) in [6, 6.07) is 10.0. The molecule has 3 nitrogen and oxygen atoms in total. The summed E-state index contributed by atoms with van der Waals surface area (Å²) in [6.45, 7) is 2.71. The summed E-state index contributed by atoms with van der Waals surface area (Å²) in [4.78, 5) is 14.9. The van der Waals surface area contributed by atoms with Crippen LogP contribution in [0.4, 0.5) is 0 Å². The van der Waals surface area contributed by atoms with E-state index in [2.05, 4.69) is 11.9 Å². The molecular formula is C16H21NO2. The maximum absolute atomic E-state index is 11.7. The van der Waals surface area contributed by atoms with Crippen LogP contribution in [-0.4, -0.2) is 17.6 Å². The normalized spacial score (nSPS) is 10.8. The van der Waals surface area contributed by atoms with Crippen molar-refractivity contribution in [3.8, 4) is 0 Å². The van der Waals surface area contributed by atoms with Gasteiger partial charge in [-0.2, -0.15) is 0 Å². The smallest absolute Gasteiger partial charge is 0.311 e. The number of carbonyl (C=O) groups excluding carboxylic acids is 1. The Hall–Kier alpha value is -1.77. The number of H-pyrrole nitrogens is 1. The Kier molecular flexibility index (Phi) is 5.01. The Morgan fingerprint density at radius 1 is 1.21 bits per heavy atom. The molecule has 0 radical (unpaired) electrons. The fourth-order valence-electron chi connectivity index (χ4n) is 2.15. The van der Waals surface area contributed by atoms with Crippen LogP contribution in [0, 0.1) is 0 Å². The van der Waals surface area contributed by atoms with Crippen LogP contribution in [0.15, 0.2) is 30.3 Å². The number of benzene rings is 1. The summed E-state index contributed by atoms with van der Waals surface area (Å²) in [6.07, 6.45) is 4.83. The third kappa shape index (κ3) is 4.12. The first-order chi connectivity index (χ1) is 9.29. The molecule has 0 amide bonds. The highest BCUT2D eigenvalue weighted by atomic mass is 16.5. The van der Waals surface area contributed by atoms with E-state index in [9.17, 15) is 4.79 Å². The largest absolute Gasteiger partial charge is 0.465 e. The first-order valence-electron chi connectivity index (χ1n) is 7.02. The Balaban J connectivity index is 1.78. The molecule has 1 aromatic carbocycles. The van der Waals surface area contributed by atoms with E-state index in [4.69, 9.17) is 4.74 Å². The van der Waals surface area contributed by atoms with Crippen molar-refractivity contribution in [2.24, 2.45) is 0 Å². The highest BCUT2D eigenvalue weighted by Crippen LogP contribution is 2.15. The van der Waals surface area contributed by atoms with Crippen molar-refractivity contribution >= 4 is 16.9 Å². The Labute approximate surface area is 114 Å². The molecule has 0 unspecified atom stereocenters. The van der Waals surface area contributed by atoms with Crippen molar-refractivity contribution in [2.45, 2.75) is 39.0 Å². The predicted octanol–water partition coefficient (Wildman–Crippen LogP) is 3.83. The van der Waals surface area contributed by atoms with E-state index in [0.29, 0.717) is 13.0 Å². The van der Waals surface area contributed by atoms with Gasteiger partial charge in [0.2, 0.25) is 0 Å². The zero-order valence-corrected chi connectivity index (χ0v) is 11.4. The number of aromatic amines is 1. The molecule has 0 atom stereocenters. The van der Waals surface area contributed by atoms with Gasteiger partial charge >= 0.3 is 5.97 Å². The quantitative estimate of drug-likeness (QED) is 0.606. The van der Waals surface area contributed by atoms with E-state index in [1.165, 1.54) is 12.8 Å². The van der Waals surface area contributed by atoms with Crippen LogP contribution in [0.1, 0.15) is 38.3 Å². The van der Waals surface area contributed by atoms with Crippen molar-refractivity contribution in [1.82, 2.24) is 4.98 Å². The van der Waals surface area contributed by atoms with Crippen molar-refractivity contribution in [1.29, 1.82) is 0 Å². The number of fused-ring (bicyclic) bond motifs is 1. The molecule has 0 aliphatic rings. The monoisotopic (exact) mass is 259 g/mol. The van der Waals surface area contributed by atoms with Gasteiger partial charge < -0.3 is 9.72 Å². The standard InChI is InChI=1S/C16H21NO2/c1-2-3-4-7-10-19-16(18)12-14-11-13-8-5-6-9-15(13)17-14/h5-6,8-9,11,17H,2-4,7,10,12H2,1H3. The van der Waals surface area contributed by atoms with Gasteiger partial charge in [-0.3, -0.25) is 4.79 Å². The van der Waals surface area contributed by atoms with E-state index in [-0.39, 0.29) is 5.97 Å². The highest BCUT2D eigenvalue weighted by molar-refractivity contribution is 5.82. The molecule has 102 valence electrons. The molecule has 2 rings (SSSR count). The van der Waals surface area contributed by atoms with Crippen molar-refractivity contribution in [3.63, 3.8) is 0 Å². The third-order valence-corrected chi connectivity index (χ3v) is 3.18. The van der Waals surface area contributed by atoms with Gasteiger partial charge in [0.25, 0.3) is 0 Å². The maximum Gasteiger partial charge on any atom is 0.311 e. The molecule has 0 aliphatic heterocycles. The fourth-order valence-corrected chi connectivity index (χ4v) is 2.15. The van der Waals surface area contributed by atoms with Crippen LogP contribution in [0.5, 0.6) is 0 Å². The minimum Gasteiger partial charge on any atom is -0.465 e. The topological polar surface area (TPSA) is 42.1 Å². The molecule has 2 aromatic rings. The van der Waals surface area contributed by atoms with Gasteiger partial charge in [0.1, 0.15) is 0 Å². The van der Waals surface area contributed by atoms with Crippen LogP contribution in [0.3, 0.4) is 0 Å². The van der Waals surface area contributed by atoms with Gasteiger partial charge in [-0.15, -0.1) is 0 Å². The second-order valence-corrected chi connectivity index (χ2v) is 4.84. The van der Waals surface area contributed by atoms with Gasteiger partial charge in [0.15, 0.2) is 0 Å². The molecule has 19 heavy (non-hydrogen) atoms. The van der Waals surface area contributed by atoms with Gasteiger partial charge in [-0.25, -0.2) is 0 Å². The number of nitrogens with one attached hydrogen (secondary N) is 1. The van der Waals surface area contributed by atoms with E-state index in [0.717, 1.165) is 29.4 Å². The summed E-state index contributed by atoms with van der Waals surface area (Å²) in [5, 5.41) is 1.13. The van der Waals surface area contributed by atoms with Crippen molar-refractivity contribution < 1.29 is 9.53 Å². The summed E-state index contributed by atoms with van der Waals surface area (Å²) >= 11 is 0. The lowest BCUT2D eigenvalue weighted by Gasteiger charge is -2.03. The number of rotatable bonds is 7. The first kappa shape index (κ1) is 13.7. The Bertz CT molecular complexity index is 497.